The standard InChI is InChI=1S/C15H21N3O/c1-4-11(9-16-2)15(19)18(3)14-10-17-13-8-6-5-7-12(13)14/h5-8,10-11,16-17H,4,9H2,1-3H3. The number of hydrogen-bond acceptors (Lipinski definition) is 2. The Kier molecular flexibility index (Phi) is 4.22. The van der Waals surface area contributed by atoms with Crippen LogP contribution in [0.3, 0.4) is 0 Å². The van der Waals surface area contributed by atoms with Crippen LogP contribution in [0.1, 0.15) is 13.3 Å². The highest BCUT2D eigenvalue weighted by Crippen LogP contribution is 2.26. The third-order valence-electron chi connectivity index (χ3n) is 3.55. The number of carbonyl (C=O) groups is 1. The Morgan fingerprint density at radius 2 is 2.16 bits per heavy atom. The van der Waals surface area contributed by atoms with Crippen molar-refractivity contribution in [1.29, 1.82) is 0 Å². The van der Waals surface area contributed by atoms with Gasteiger partial charge in [-0.3, -0.25) is 4.79 Å². The Morgan fingerprint density at radius 1 is 1.42 bits per heavy atom. The number of aromatic amines is 1. The maximum atomic E-state index is 12.5. The molecule has 19 heavy (non-hydrogen) atoms. The number of aromatic nitrogens is 1. The molecule has 0 radical (unpaired) electrons. The molecule has 2 N–H and O–H groups in total. The molecule has 1 aromatic carbocycles. The van der Waals surface area contributed by atoms with Crippen LogP contribution in [0.2, 0.25) is 0 Å². The molecule has 0 aliphatic heterocycles. The van der Waals surface area contributed by atoms with Crippen molar-refractivity contribution < 1.29 is 4.79 Å². The number of amides is 1. The van der Waals surface area contributed by atoms with E-state index in [1.54, 1.807) is 4.90 Å². The minimum absolute atomic E-state index is 0.0173. The van der Waals surface area contributed by atoms with Gasteiger partial charge in [0, 0.05) is 30.7 Å². The topological polar surface area (TPSA) is 48.1 Å². The van der Waals surface area contributed by atoms with Crippen LogP contribution in [-0.2, 0) is 4.79 Å². The molecule has 1 aromatic heterocycles. The van der Waals surface area contributed by atoms with E-state index >= 15 is 0 Å². The summed E-state index contributed by atoms with van der Waals surface area (Å²) in [6.07, 6.45) is 2.74. The van der Waals surface area contributed by atoms with Crippen molar-refractivity contribution in [2.45, 2.75) is 13.3 Å². The van der Waals surface area contributed by atoms with E-state index in [9.17, 15) is 4.79 Å². The number of carbonyl (C=O) groups excluding carboxylic acids is 1. The minimum atomic E-state index is 0.0173. The van der Waals surface area contributed by atoms with Gasteiger partial charge >= 0.3 is 0 Å². The summed E-state index contributed by atoms with van der Waals surface area (Å²) in [5, 5.41) is 4.16. The molecule has 0 bridgehead atoms. The fourth-order valence-corrected chi connectivity index (χ4v) is 2.38. The molecule has 0 aliphatic rings. The number of hydrogen-bond donors (Lipinski definition) is 2. The first-order valence-corrected chi connectivity index (χ1v) is 6.67. The van der Waals surface area contributed by atoms with Gasteiger partial charge in [-0.05, 0) is 19.5 Å². The van der Waals surface area contributed by atoms with Crippen molar-refractivity contribution in [3.8, 4) is 0 Å². The Balaban J connectivity index is 2.28. The van der Waals surface area contributed by atoms with Gasteiger partial charge in [-0.15, -0.1) is 0 Å². The molecule has 1 amide bonds. The third-order valence-corrected chi connectivity index (χ3v) is 3.55. The highest BCUT2D eigenvalue weighted by molar-refractivity contribution is 6.03. The average Bonchev–Trinajstić information content (AvgIpc) is 2.87. The zero-order valence-corrected chi connectivity index (χ0v) is 11.7. The smallest absolute Gasteiger partial charge is 0.231 e. The van der Waals surface area contributed by atoms with Gasteiger partial charge in [-0.25, -0.2) is 0 Å². The highest BCUT2D eigenvalue weighted by atomic mass is 16.2. The normalized spacial score (nSPS) is 12.6. The van der Waals surface area contributed by atoms with E-state index in [1.165, 1.54) is 0 Å². The number of rotatable bonds is 5. The van der Waals surface area contributed by atoms with Crippen LogP contribution < -0.4 is 10.2 Å². The zero-order chi connectivity index (χ0) is 13.8. The molecule has 102 valence electrons. The Hall–Kier alpha value is -1.81. The van der Waals surface area contributed by atoms with E-state index in [-0.39, 0.29) is 11.8 Å². The van der Waals surface area contributed by atoms with Crippen molar-refractivity contribution in [1.82, 2.24) is 10.3 Å². The highest BCUT2D eigenvalue weighted by Gasteiger charge is 2.22. The fraction of sp³-hybridized carbons (Fsp3) is 0.400. The number of H-pyrrole nitrogens is 1. The van der Waals surface area contributed by atoms with E-state index in [0.29, 0.717) is 6.54 Å². The van der Waals surface area contributed by atoms with E-state index in [1.807, 2.05) is 51.5 Å². The fourth-order valence-electron chi connectivity index (χ4n) is 2.38. The number of para-hydroxylation sites is 1. The first kappa shape index (κ1) is 13.6. The van der Waals surface area contributed by atoms with Crippen LogP contribution >= 0.6 is 0 Å². The van der Waals surface area contributed by atoms with Crippen LogP contribution in [0, 0.1) is 5.92 Å². The molecule has 0 aliphatic carbocycles. The van der Waals surface area contributed by atoms with Crippen LogP contribution in [0.4, 0.5) is 5.69 Å². The molecule has 1 unspecified atom stereocenters. The van der Waals surface area contributed by atoms with Gasteiger partial charge in [0.2, 0.25) is 5.91 Å². The molecule has 1 heterocycles. The SMILES string of the molecule is CCC(CNC)C(=O)N(C)c1c[nH]c2ccccc12. The lowest BCUT2D eigenvalue weighted by Gasteiger charge is -2.22. The van der Waals surface area contributed by atoms with Crippen LogP contribution in [0.25, 0.3) is 10.9 Å². The van der Waals surface area contributed by atoms with Gasteiger partial charge in [0.15, 0.2) is 0 Å². The van der Waals surface area contributed by atoms with Crippen molar-refractivity contribution in [2.75, 3.05) is 25.5 Å². The number of benzene rings is 1. The van der Waals surface area contributed by atoms with E-state index in [2.05, 4.69) is 10.3 Å². The van der Waals surface area contributed by atoms with Gasteiger partial charge < -0.3 is 15.2 Å². The first-order valence-electron chi connectivity index (χ1n) is 6.67. The summed E-state index contributed by atoms with van der Waals surface area (Å²) in [6.45, 7) is 2.75. The summed E-state index contributed by atoms with van der Waals surface area (Å²) in [5.74, 6) is 0.172. The lowest BCUT2D eigenvalue weighted by atomic mass is 10.0. The van der Waals surface area contributed by atoms with Gasteiger partial charge in [0.1, 0.15) is 0 Å². The lowest BCUT2D eigenvalue weighted by Crippen LogP contribution is -2.37. The Morgan fingerprint density at radius 3 is 2.84 bits per heavy atom. The van der Waals surface area contributed by atoms with Crippen LogP contribution in [0.15, 0.2) is 30.5 Å². The second-order valence-electron chi connectivity index (χ2n) is 4.78. The number of anilines is 1. The first-order chi connectivity index (χ1) is 9.19. The molecule has 4 heteroatoms. The summed E-state index contributed by atoms with van der Waals surface area (Å²) in [4.78, 5) is 17.4. The molecular weight excluding hydrogens is 238 g/mol. The maximum Gasteiger partial charge on any atom is 0.231 e. The summed E-state index contributed by atoms with van der Waals surface area (Å²) < 4.78 is 0. The number of fused-ring (bicyclic) bond motifs is 1. The third kappa shape index (κ3) is 2.63. The van der Waals surface area contributed by atoms with E-state index in [0.717, 1.165) is 23.0 Å². The van der Waals surface area contributed by atoms with Crippen molar-refractivity contribution in [3.05, 3.63) is 30.5 Å². The predicted octanol–water partition coefficient (Wildman–Crippen LogP) is 2.38. The van der Waals surface area contributed by atoms with Gasteiger partial charge in [0.25, 0.3) is 0 Å². The van der Waals surface area contributed by atoms with Gasteiger partial charge in [-0.1, -0.05) is 25.1 Å². The molecule has 2 rings (SSSR count). The average molecular weight is 259 g/mol. The van der Waals surface area contributed by atoms with E-state index < -0.39 is 0 Å². The largest absolute Gasteiger partial charge is 0.359 e. The van der Waals surface area contributed by atoms with Crippen molar-refractivity contribution in [3.63, 3.8) is 0 Å². The van der Waals surface area contributed by atoms with Gasteiger partial charge in [-0.2, -0.15) is 0 Å². The molecule has 1 atom stereocenters. The molecule has 0 saturated carbocycles. The predicted molar refractivity (Wildman–Crippen MR) is 79.4 cm³/mol. The van der Waals surface area contributed by atoms with E-state index in [4.69, 9.17) is 0 Å². The zero-order valence-electron chi connectivity index (χ0n) is 11.7. The minimum Gasteiger partial charge on any atom is -0.359 e. The second-order valence-corrected chi connectivity index (χ2v) is 4.78. The maximum absolute atomic E-state index is 12.5. The second kappa shape index (κ2) is 5.89. The Labute approximate surface area is 113 Å². The van der Waals surface area contributed by atoms with Crippen LogP contribution in [0.5, 0.6) is 0 Å². The summed E-state index contributed by atoms with van der Waals surface area (Å²) >= 11 is 0. The molecule has 0 fully saturated rings. The summed E-state index contributed by atoms with van der Waals surface area (Å²) in [6, 6.07) is 8.02. The molecule has 4 nitrogen and oxygen atoms in total. The number of nitrogens with zero attached hydrogens (tertiary/aromatic N) is 1. The monoisotopic (exact) mass is 259 g/mol. The molecule has 2 aromatic rings. The van der Waals surface area contributed by atoms with Crippen molar-refractivity contribution >= 4 is 22.5 Å². The van der Waals surface area contributed by atoms with Crippen LogP contribution in [-0.4, -0.2) is 31.5 Å². The molecule has 0 saturated heterocycles. The van der Waals surface area contributed by atoms with Gasteiger partial charge in [0.05, 0.1) is 11.6 Å². The quantitative estimate of drug-likeness (QED) is 0.866. The summed E-state index contributed by atoms with van der Waals surface area (Å²) in [7, 11) is 3.72. The number of nitrogens with one attached hydrogen (secondary N) is 2. The van der Waals surface area contributed by atoms with Crippen molar-refractivity contribution in [2.24, 2.45) is 5.92 Å². The Bertz CT molecular complexity index is 561. The lowest BCUT2D eigenvalue weighted by molar-refractivity contribution is -0.122. The molecule has 0 spiro atoms. The summed E-state index contributed by atoms with van der Waals surface area (Å²) in [5.41, 5.74) is 1.99. The molecular formula is C15H21N3O.